The van der Waals surface area contributed by atoms with Gasteiger partial charge in [0.15, 0.2) is 0 Å². The molecule has 4 rings (SSSR count). The van der Waals surface area contributed by atoms with E-state index in [0.717, 1.165) is 28.1 Å². The molecular weight excluding hydrogens is 375 g/mol. The second kappa shape index (κ2) is 7.83. The highest BCUT2D eigenvalue weighted by Crippen LogP contribution is 2.29. The molecule has 0 unspecified atom stereocenters. The van der Waals surface area contributed by atoms with Crippen LogP contribution in [0.3, 0.4) is 0 Å². The van der Waals surface area contributed by atoms with Crippen LogP contribution in [0.5, 0.6) is 0 Å². The highest BCUT2D eigenvalue weighted by Gasteiger charge is 2.11. The van der Waals surface area contributed by atoms with Gasteiger partial charge in [0.25, 0.3) is 0 Å². The molecule has 0 saturated carbocycles. The third-order valence-corrected chi connectivity index (χ3v) is 4.83. The van der Waals surface area contributed by atoms with Crippen LogP contribution in [0, 0.1) is 0 Å². The predicted octanol–water partition coefficient (Wildman–Crippen LogP) is 7.01. The summed E-state index contributed by atoms with van der Waals surface area (Å²) in [7, 11) is 0. The molecule has 0 aliphatic carbocycles. The summed E-state index contributed by atoms with van der Waals surface area (Å²) < 4.78 is 1.94. The Morgan fingerprint density at radius 1 is 0.667 bits per heavy atom. The number of halogens is 2. The molecule has 27 heavy (non-hydrogen) atoms. The SMILES string of the molecule is Clc1ccc(/C=N/n2c(-c3ccccc3)ccc2-c2ccccc2)c(Cl)c1. The van der Waals surface area contributed by atoms with Gasteiger partial charge in [0.05, 0.1) is 22.6 Å². The molecule has 0 radical (unpaired) electrons. The maximum atomic E-state index is 6.30. The van der Waals surface area contributed by atoms with Crippen molar-refractivity contribution in [1.82, 2.24) is 4.68 Å². The Morgan fingerprint density at radius 2 is 1.22 bits per heavy atom. The second-order valence-electron chi connectivity index (χ2n) is 6.06. The van der Waals surface area contributed by atoms with E-state index < -0.39 is 0 Å². The number of hydrogen-bond donors (Lipinski definition) is 0. The van der Waals surface area contributed by atoms with Crippen molar-refractivity contribution >= 4 is 29.4 Å². The highest BCUT2D eigenvalue weighted by molar-refractivity contribution is 6.36. The molecule has 0 aliphatic heterocycles. The average Bonchev–Trinajstić information content (AvgIpc) is 3.12. The Bertz CT molecular complexity index is 1030. The van der Waals surface area contributed by atoms with E-state index in [0.29, 0.717) is 10.0 Å². The third-order valence-electron chi connectivity index (χ3n) is 4.27. The summed E-state index contributed by atoms with van der Waals surface area (Å²) in [6, 6.07) is 30.0. The first-order valence-corrected chi connectivity index (χ1v) is 9.30. The normalized spacial score (nSPS) is 11.2. The highest BCUT2D eigenvalue weighted by atomic mass is 35.5. The second-order valence-corrected chi connectivity index (χ2v) is 6.90. The summed E-state index contributed by atoms with van der Waals surface area (Å²) in [5.41, 5.74) is 5.03. The zero-order chi connectivity index (χ0) is 18.6. The van der Waals surface area contributed by atoms with E-state index in [4.69, 9.17) is 28.3 Å². The predicted molar refractivity (Wildman–Crippen MR) is 115 cm³/mol. The van der Waals surface area contributed by atoms with Crippen LogP contribution < -0.4 is 0 Å². The number of rotatable bonds is 4. The Hall–Kier alpha value is -2.81. The van der Waals surface area contributed by atoms with E-state index in [9.17, 15) is 0 Å². The molecule has 0 amide bonds. The molecule has 1 aromatic heterocycles. The summed E-state index contributed by atoms with van der Waals surface area (Å²) in [5.74, 6) is 0. The summed E-state index contributed by atoms with van der Waals surface area (Å²) in [6.07, 6.45) is 1.76. The van der Waals surface area contributed by atoms with E-state index in [2.05, 4.69) is 36.4 Å². The van der Waals surface area contributed by atoms with Crippen LogP contribution in [-0.2, 0) is 0 Å². The number of aromatic nitrogens is 1. The molecule has 0 fully saturated rings. The van der Waals surface area contributed by atoms with Gasteiger partial charge in [-0.3, -0.25) is 0 Å². The fourth-order valence-corrected chi connectivity index (χ4v) is 3.39. The number of hydrogen-bond acceptors (Lipinski definition) is 1. The van der Waals surface area contributed by atoms with Crippen molar-refractivity contribution in [3.63, 3.8) is 0 Å². The first-order chi connectivity index (χ1) is 13.2. The molecule has 0 bridgehead atoms. The van der Waals surface area contributed by atoms with Gasteiger partial charge in [-0.2, -0.15) is 5.10 Å². The zero-order valence-corrected chi connectivity index (χ0v) is 15.9. The van der Waals surface area contributed by atoms with Crippen LogP contribution in [-0.4, -0.2) is 10.9 Å². The van der Waals surface area contributed by atoms with Crippen molar-refractivity contribution in [1.29, 1.82) is 0 Å². The monoisotopic (exact) mass is 390 g/mol. The van der Waals surface area contributed by atoms with Crippen molar-refractivity contribution in [2.75, 3.05) is 0 Å². The standard InChI is InChI=1S/C23H16Cl2N2/c24-20-12-11-19(21(25)15-20)16-26-27-22(17-7-3-1-4-8-17)13-14-23(27)18-9-5-2-6-10-18/h1-16H/b26-16+. The van der Waals surface area contributed by atoms with Crippen LogP contribution in [0.4, 0.5) is 0 Å². The van der Waals surface area contributed by atoms with Crippen LogP contribution >= 0.6 is 23.2 Å². The van der Waals surface area contributed by atoms with Crippen molar-refractivity contribution in [2.45, 2.75) is 0 Å². The van der Waals surface area contributed by atoms with Crippen molar-refractivity contribution in [2.24, 2.45) is 5.10 Å². The zero-order valence-electron chi connectivity index (χ0n) is 14.4. The Balaban J connectivity index is 1.83. The summed E-state index contributed by atoms with van der Waals surface area (Å²) in [5, 5.41) is 5.92. The molecule has 2 nitrogen and oxygen atoms in total. The minimum Gasteiger partial charge on any atom is -0.233 e. The van der Waals surface area contributed by atoms with Crippen LogP contribution in [0.1, 0.15) is 5.56 Å². The van der Waals surface area contributed by atoms with E-state index in [1.165, 1.54) is 0 Å². The maximum absolute atomic E-state index is 6.30. The van der Waals surface area contributed by atoms with Gasteiger partial charge >= 0.3 is 0 Å². The molecule has 4 aromatic rings. The lowest BCUT2D eigenvalue weighted by Gasteiger charge is -2.09. The lowest BCUT2D eigenvalue weighted by molar-refractivity contribution is 0.912. The number of benzene rings is 3. The molecule has 3 aromatic carbocycles. The minimum atomic E-state index is 0.570. The van der Waals surface area contributed by atoms with Gasteiger partial charge in [0.2, 0.25) is 0 Å². The van der Waals surface area contributed by atoms with Gasteiger partial charge < -0.3 is 0 Å². The lowest BCUT2D eigenvalue weighted by atomic mass is 10.2. The lowest BCUT2D eigenvalue weighted by Crippen LogP contribution is -1.97. The van der Waals surface area contributed by atoms with Crippen LogP contribution in [0.15, 0.2) is 96.1 Å². The van der Waals surface area contributed by atoms with Crippen molar-refractivity contribution in [3.8, 4) is 22.5 Å². The average molecular weight is 391 g/mol. The van der Waals surface area contributed by atoms with Crippen molar-refractivity contribution in [3.05, 3.63) is 107 Å². The fourth-order valence-electron chi connectivity index (χ4n) is 2.93. The molecule has 132 valence electrons. The van der Waals surface area contributed by atoms with Gasteiger partial charge in [-0.15, -0.1) is 0 Å². The van der Waals surface area contributed by atoms with Crippen LogP contribution in [0.25, 0.3) is 22.5 Å². The van der Waals surface area contributed by atoms with E-state index in [-0.39, 0.29) is 0 Å². The van der Waals surface area contributed by atoms with Crippen LogP contribution in [0.2, 0.25) is 10.0 Å². The van der Waals surface area contributed by atoms with Gasteiger partial charge in [-0.25, -0.2) is 4.68 Å². The van der Waals surface area contributed by atoms with Gasteiger partial charge in [0.1, 0.15) is 0 Å². The van der Waals surface area contributed by atoms with E-state index >= 15 is 0 Å². The number of nitrogens with zero attached hydrogens (tertiary/aromatic N) is 2. The summed E-state index contributed by atoms with van der Waals surface area (Å²) in [4.78, 5) is 0. The van der Waals surface area contributed by atoms with E-state index in [1.54, 1.807) is 18.3 Å². The summed E-state index contributed by atoms with van der Waals surface area (Å²) in [6.45, 7) is 0. The smallest absolute Gasteiger partial charge is 0.0725 e. The Morgan fingerprint density at radius 3 is 1.74 bits per heavy atom. The molecule has 0 N–H and O–H groups in total. The molecule has 0 aliphatic rings. The quantitative estimate of drug-likeness (QED) is 0.333. The Labute approximate surface area is 168 Å². The summed E-state index contributed by atoms with van der Waals surface area (Å²) >= 11 is 12.3. The maximum Gasteiger partial charge on any atom is 0.0725 e. The molecule has 1 heterocycles. The Kier molecular flexibility index (Phi) is 5.10. The van der Waals surface area contributed by atoms with E-state index in [1.807, 2.05) is 47.1 Å². The molecule has 0 atom stereocenters. The van der Waals surface area contributed by atoms with Gasteiger partial charge in [-0.05, 0) is 24.3 Å². The van der Waals surface area contributed by atoms with Gasteiger partial charge in [-0.1, -0.05) is 89.9 Å². The largest absolute Gasteiger partial charge is 0.233 e. The topological polar surface area (TPSA) is 17.3 Å². The van der Waals surface area contributed by atoms with Gasteiger partial charge in [0, 0.05) is 21.7 Å². The molecular formula is C23H16Cl2N2. The third kappa shape index (κ3) is 3.82. The first kappa shape index (κ1) is 17.6. The first-order valence-electron chi connectivity index (χ1n) is 8.54. The fraction of sp³-hybridized carbons (Fsp3) is 0. The molecule has 0 spiro atoms. The van der Waals surface area contributed by atoms with Crippen molar-refractivity contribution < 1.29 is 0 Å². The molecule has 4 heteroatoms. The molecule has 0 saturated heterocycles. The minimum absolute atomic E-state index is 0.570.